The van der Waals surface area contributed by atoms with Gasteiger partial charge in [0.1, 0.15) is 11.3 Å². The van der Waals surface area contributed by atoms with Gasteiger partial charge in [-0.25, -0.2) is 4.98 Å². The maximum atomic E-state index is 10.8. The Balaban J connectivity index is 1.43. The van der Waals surface area contributed by atoms with Gasteiger partial charge >= 0.3 is 0 Å². The smallest absolute Gasteiger partial charge is 0.231 e. The molecule has 6 aromatic rings. The quantitative estimate of drug-likeness (QED) is 0.282. The number of benzene rings is 5. The summed E-state index contributed by atoms with van der Waals surface area (Å²) in [6.07, 6.45) is 0. The van der Waals surface area contributed by atoms with Gasteiger partial charge in [-0.05, 0) is 66.7 Å². The van der Waals surface area contributed by atoms with Gasteiger partial charge in [-0.2, -0.15) is 0 Å². The molecule has 0 radical (unpaired) electrons. The fraction of sp³-hybridized carbons (Fsp3) is 0. The number of para-hydroxylation sites is 7. The van der Waals surface area contributed by atoms with Crippen LogP contribution in [0.3, 0.4) is 0 Å². The highest BCUT2D eigenvalue weighted by molar-refractivity contribution is 6.01. The zero-order chi connectivity index (χ0) is 24.1. The molecule has 0 saturated carbocycles. The molecule has 2 heterocycles. The molecule has 5 nitrogen and oxygen atoms in total. The molecular weight excluding hydrogens is 446 g/mol. The SMILES string of the molecule is Oc1ccc(N2c3ccccc3N(c3ccccc3)c3ccccc32)cc1-c1nc2ccccc2o1. The lowest BCUT2D eigenvalue weighted by Gasteiger charge is -2.40. The van der Waals surface area contributed by atoms with Crippen molar-refractivity contribution in [3.8, 4) is 17.2 Å². The van der Waals surface area contributed by atoms with Gasteiger partial charge in [0.15, 0.2) is 5.58 Å². The van der Waals surface area contributed by atoms with Gasteiger partial charge in [0.25, 0.3) is 0 Å². The lowest BCUT2D eigenvalue weighted by atomic mass is 10.0. The summed E-state index contributed by atoms with van der Waals surface area (Å²) in [5.41, 5.74) is 8.19. The van der Waals surface area contributed by atoms with Crippen LogP contribution in [0.2, 0.25) is 0 Å². The molecule has 1 N–H and O–H groups in total. The molecule has 7 rings (SSSR count). The number of hydrogen-bond acceptors (Lipinski definition) is 5. The predicted molar refractivity (Wildman–Crippen MR) is 144 cm³/mol. The van der Waals surface area contributed by atoms with Gasteiger partial charge in [0.2, 0.25) is 5.89 Å². The summed E-state index contributed by atoms with van der Waals surface area (Å²) in [5, 5.41) is 10.8. The maximum absolute atomic E-state index is 10.8. The average Bonchev–Trinajstić information content (AvgIpc) is 3.37. The highest BCUT2D eigenvalue weighted by Crippen LogP contribution is 2.54. The molecule has 0 fully saturated rings. The Morgan fingerprint density at radius 2 is 1.11 bits per heavy atom. The second kappa shape index (κ2) is 8.03. The van der Waals surface area contributed by atoms with Crippen LogP contribution in [-0.2, 0) is 0 Å². The van der Waals surface area contributed by atoms with Crippen molar-refractivity contribution in [2.75, 3.05) is 9.80 Å². The first-order valence-electron chi connectivity index (χ1n) is 11.8. The Bertz CT molecular complexity index is 1640. The van der Waals surface area contributed by atoms with E-state index in [2.05, 4.69) is 75.4 Å². The van der Waals surface area contributed by atoms with Gasteiger partial charge < -0.3 is 19.3 Å². The van der Waals surface area contributed by atoms with Crippen LogP contribution >= 0.6 is 0 Å². The highest BCUT2D eigenvalue weighted by Gasteiger charge is 2.30. The number of fused-ring (bicyclic) bond motifs is 3. The van der Waals surface area contributed by atoms with Crippen molar-refractivity contribution in [2.45, 2.75) is 0 Å². The second-order valence-electron chi connectivity index (χ2n) is 8.67. The molecule has 1 aromatic heterocycles. The molecule has 0 atom stereocenters. The summed E-state index contributed by atoms with van der Waals surface area (Å²) in [6, 6.07) is 40.3. The van der Waals surface area contributed by atoms with E-state index in [1.807, 2.05) is 54.6 Å². The van der Waals surface area contributed by atoms with Gasteiger partial charge in [-0.3, -0.25) is 0 Å². The van der Waals surface area contributed by atoms with E-state index in [-0.39, 0.29) is 5.75 Å². The summed E-state index contributed by atoms with van der Waals surface area (Å²) >= 11 is 0. The van der Waals surface area contributed by atoms with Crippen molar-refractivity contribution in [2.24, 2.45) is 0 Å². The number of oxazole rings is 1. The Hall–Kier alpha value is -5.03. The number of nitrogens with zero attached hydrogens (tertiary/aromatic N) is 3. The molecule has 0 saturated heterocycles. The molecular formula is C31H21N3O2. The first kappa shape index (κ1) is 20.4. The third kappa shape index (κ3) is 3.14. The number of aromatic nitrogens is 1. The van der Waals surface area contributed by atoms with E-state index in [1.165, 1.54) is 0 Å². The molecule has 172 valence electrons. The molecule has 5 heteroatoms. The maximum Gasteiger partial charge on any atom is 0.231 e. The number of aromatic hydroxyl groups is 1. The van der Waals surface area contributed by atoms with Crippen LogP contribution in [0.5, 0.6) is 5.75 Å². The van der Waals surface area contributed by atoms with E-state index in [4.69, 9.17) is 4.42 Å². The lowest BCUT2D eigenvalue weighted by Crippen LogP contribution is -2.23. The van der Waals surface area contributed by atoms with E-state index in [9.17, 15) is 5.11 Å². The van der Waals surface area contributed by atoms with E-state index in [0.717, 1.165) is 39.6 Å². The van der Waals surface area contributed by atoms with Crippen molar-refractivity contribution in [1.82, 2.24) is 4.98 Å². The van der Waals surface area contributed by atoms with Gasteiger partial charge in [-0.1, -0.05) is 54.6 Å². The van der Waals surface area contributed by atoms with Crippen LogP contribution in [-0.4, -0.2) is 10.1 Å². The topological polar surface area (TPSA) is 52.7 Å². The summed E-state index contributed by atoms with van der Waals surface area (Å²) in [5.74, 6) is 0.509. The molecule has 1 aliphatic heterocycles. The molecule has 1 aliphatic rings. The monoisotopic (exact) mass is 467 g/mol. The van der Waals surface area contributed by atoms with Crippen LogP contribution in [0.15, 0.2) is 126 Å². The minimum atomic E-state index is 0.120. The fourth-order valence-electron chi connectivity index (χ4n) is 4.90. The number of rotatable bonds is 3. The van der Waals surface area contributed by atoms with Crippen molar-refractivity contribution in [3.63, 3.8) is 0 Å². The largest absolute Gasteiger partial charge is 0.507 e. The van der Waals surface area contributed by atoms with E-state index in [0.29, 0.717) is 17.0 Å². The van der Waals surface area contributed by atoms with Crippen LogP contribution in [0.1, 0.15) is 0 Å². The average molecular weight is 468 g/mol. The summed E-state index contributed by atoms with van der Waals surface area (Å²) in [6.45, 7) is 0. The Kier molecular flexibility index (Phi) is 4.54. The van der Waals surface area contributed by atoms with Crippen molar-refractivity contribution in [1.29, 1.82) is 0 Å². The lowest BCUT2D eigenvalue weighted by molar-refractivity contribution is 0.474. The van der Waals surface area contributed by atoms with Crippen LogP contribution in [0, 0.1) is 0 Å². The zero-order valence-electron chi connectivity index (χ0n) is 19.2. The second-order valence-corrected chi connectivity index (χ2v) is 8.67. The number of phenols is 1. The number of anilines is 6. The molecule has 36 heavy (non-hydrogen) atoms. The first-order chi connectivity index (χ1) is 17.8. The van der Waals surface area contributed by atoms with E-state index in [1.54, 1.807) is 6.07 Å². The van der Waals surface area contributed by atoms with Crippen LogP contribution < -0.4 is 9.80 Å². The minimum absolute atomic E-state index is 0.120. The molecule has 0 aliphatic carbocycles. The highest BCUT2D eigenvalue weighted by atomic mass is 16.3. The molecule has 0 bridgehead atoms. The Morgan fingerprint density at radius 3 is 1.75 bits per heavy atom. The standard InChI is InChI=1S/C31H21N3O2/c35-29-19-18-22(20-23(29)31-32-24-12-4-9-17-30(24)36-31)34-27-15-7-5-13-25(27)33(21-10-2-1-3-11-21)26-14-6-8-16-28(26)34/h1-20,35H. The molecule has 0 unspecified atom stereocenters. The Labute approximate surface area is 208 Å². The third-order valence-electron chi connectivity index (χ3n) is 6.50. The van der Waals surface area contributed by atoms with Gasteiger partial charge in [0, 0.05) is 11.4 Å². The van der Waals surface area contributed by atoms with Crippen molar-refractivity contribution in [3.05, 3.63) is 121 Å². The number of hydrogen-bond donors (Lipinski definition) is 1. The molecule has 0 spiro atoms. The summed E-state index contributed by atoms with van der Waals surface area (Å²) < 4.78 is 5.99. The van der Waals surface area contributed by atoms with Crippen LogP contribution in [0.4, 0.5) is 34.1 Å². The normalized spacial score (nSPS) is 12.4. The zero-order valence-corrected chi connectivity index (χ0v) is 19.2. The predicted octanol–water partition coefficient (Wildman–Crippen LogP) is 8.45. The Morgan fingerprint density at radius 1 is 0.556 bits per heavy atom. The molecule has 0 amide bonds. The summed E-state index contributed by atoms with van der Waals surface area (Å²) in [4.78, 5) is 9.12. The summed E-state index contributed by atoms with van der Waals surface area (Å²) in [7, 11) is 0. The fourth-order valence-corrected chi connectivity index (χ4v) is 4.90. The number of phenolic OH excluding ortho intramolecular Hbond substituents is 1. The molecule has 5 aromatic carbocycles. The first-order valence-corrected chi connectivity index (χ1v) is 11.8. The van der Waals surface area contributed by atoms with Gasteiger partial charge in [-0.15, -0.1) is 0 Å². The van der Waals surface area contributed by atoms with Gasteiger partial charge in [0.05, 0.1) is 28.3 Å². The van der Waals surface area contributed by atoms with Crippen LogP contribution in [0.25, 0.3) is 22.6 Å². The van der Waals surface area contributed by atoms with E-state index < -0.39 is 0 Å². The van der Waals surface area contributed by atoms with Crippen molar-refractivity contribution >= 4 is 45.2 Å². The van der Waals surface area contributed by atoms with E-state index >= 15 is 0 Å². The third-order valence-corrected chi connectivity index (χ3v) is 6.50. The van der Waals surface area contributed by atoms with Crippen molar-refractivity contribution < 1.29 is 9.52 Å². The minimum Gasteiger partial charge on any atom is -0.507 e.